The molecule has 2 aromatic heterocycles. The first-order chi connectivity index (χ1) is 8.33. The fourth-order valence-electron chi connectivity index (χ4n) is 1.43. The Morgan fingerprint density at radius 1 is 1.35 bits per heavy atom. The van der Waals surface area contributed by atoms with E-state index in [-0.39, 0.29) is 0 Å². The normalized spacial score (nSPS) is 9.88. The smallest absolute Gasteiger partial charge is 0.213 e. The Morgan fingerprint density at radius 3 is 2.88 bits per heavy atom. The van der Waals surface area contributed by atoms with Crippen molar-refractivity contribution in [2.45, 2.75) is 13.5 Å². The van der Waals surface area contributed by atoms with Crippen LogP contribution in [0.15, 0.2) is 24.8 Å². The number of hydrogen-bond donors (Lipinski definition) is 1. The Morgan fingerprint density at radius 2 is 2.24 bits per heavy atom. The van der Waals surface area contributed by atoms with Gasteiger partial charge in [-0.05, 0) is 6.92 Å². The molecule has 0 amide bonds. The van der Waals surface area contributed by atoms with E-state index in [4.69, 9.17) is 5.26 Å². The maximum atomic E-state index is 8.82. The van der Waals surface area contributed by atoms with E-state index < -0.39 is 0 Å². The van der Waals surface area contributed by atoms with Crippen LogP contribution in [0, 0.1) is 11.3 Å². The van der Waals surface area contributed by atoms with Crippen molar-refractivity contribution < 1.29 is 0 Å². The van der Waals surface area contributed by atoms with Crippen molar-refractivity contribution in [3.63, 3.8) is 0 Å². The van der Waals surface area contributed by atoms with Crippen LogP contribution in [0.4, 0.5) is 5.82 Å². The highest BCUT2D eigenvalue weighted by Crippen LogP contribution is 2.04. The summed E-state index contributed by atoms with van der Waals surface area (Å²) >= 11 is 0. The summed E-state index contributed by atoms with van der Waals surface area (Å²) in [5.74, 6) is 1.13. The van der Waals surface area contributed by atoms with Crippen LogP contribution in [0.3, 0.4) is 0 Å². The number of aromatic nitrogens is 4. The summed E-state index contributed by atoms with van der Waals surface area (Å²) in [6, 6.07) is 2.02. The predicted molar refractivity (Wildman–Crippen MR) is 62.2 cm³/mol. The standard InChI is InChI=1S/C11H12N6/c1-2-13-10-7-15-9(6-16-10)8-17-4-3-14-11(17)5-12/h3-4,6-7H,2,8H2,1H3,(H,13,16). The van der Waals surface area contributed by atoms with E-state index in [1.165, 1.54) is 0 Å². The summed E-state index contributed by atoms with van der Waals surface area (Å²) in [5, 5.41) is 11.9. The second kappa shape index (κ2) is 5.07. The Bertz CT molecular complexity index is 522. The molecule has 0 saturated carbocycles. The summed E-state index contributed by atoms with van der Waals surface area (Å²) in [6.45, 7) is 3.32. The fourth-order valence-corrected chi connectivity index (χ4v) is 1.43. The summed E-state index contributed by atoms with van der Waals surface area (Å²) < 4.78 is 1.73. The summed E-state index contributed by atoms with van der Waals surface area (Å²) in [6.07, 6.45) is 6.72. The first-order valence-corrected chi connectivity index (χ1v) is 5.29. The maximum absolute atomic E-state index is 8.82. The molecule has 0 radical (unpaired) electrons. The van der Waals surface area contributed by atoms with Crippen molar-refractivity contribution in [2.75, 3.05) is 11.9 Å². The minimum Gasteiger partial charge on any atom is -0.369 e. The van der Waals surface area contributed by atoms with Gasteiger partial charge in [0.15, 0.2) is 0 Å². The number of nitrogens with zero attached hydrogens (tertiary/aromatic N) is 5. The minimum atomic E-state index is 0.377. The van der Waals surface area contributed by atoms with E-state index in [9.17, 15) is 0 Å². The molecule has 0 bridgehead atoms. The van der Waals surface area contributed by atoms with Gasteiger partial charge in [0.2, 0.25) is 5.82 Å². The molecule has 0 atom stereocenters. The lowest BCUT2D eigenvalue weighted by atomic mass is 10.4. The van der Waals surface area contributed by atoms with Crippen LogP contribution in [0.25, 0.3) is 0 Å². The fraction of sp³-hybridized carbons (Fsp3) is 0.273. The van der Waals surface area contributed by atoms with Gasteiger partial charge in [0.05, 0.1) is 24.6 Å². The summed E-state index contributed by atoms with van der Waals surface area (Å²) in [4.78, 5) is 12.4. The third kappa shape index (κ3) is 2.58. The van der Waals surface area contributed by atoms with E-state index in [0.29, 0.717) is 12.4 Å². The molecule has 6 heteroatoms. The van der Waals surface area contributed by atoms with Crippen molar-refractivity contribution in [3.8, 4) is 6.07 Å². The molecular weight excluding hydrogens is 216 g/mol. The highest BCUT2D eigenvalue weighted by molar-refractivity contribution is 5.30. The highest BCUT2D eigenvalue weighted by Gasteiger charge is 2.03. The number of rotatable bonds is 4. The van der Waals surface area contributed by atoms with Crippen molar-refractivity contribution >= 4 is 5.82 Å². The molecular formula is C11H12N6. The van der Waals surface area contributed by atoms with E-state index in [1.807, 2.05) is 13.0 Å². The Kier molecular flexibility index (Phi) is 3.31. The van der Waals surface area contributed by atoms with Crippen LogP contribution in [0.2, 0.25) is 0 Å². The van der Waals surface area contributed by atoms with Gasteiger partial charge in [-0.3, -0.25) is 4.98 Å². The molecule has 0 aliphatic heterocycles. The number of anilines is 1. The van der Waals surface area contributed by atoms with Crippen molar-refractivity contribution in [1.82, 2.24) is 19.5 Å². The van der Waals surface area contributed by atoms with Crippen LogP contribution in [0.1, 0.15) is 18.4 Å². The Hall–Kier alpha value is -2.42. The topological polar surface area (TPSA) is 79.4 Å². The lowest BCUT2D eigenvalue weighted by molar-refractivity contribution is 0.755. The van der Waals surface area contributed by atoms with E-state index >= 15 is 0 Å². The Balaban J connectivity index is 2.12. The van der Waals surface area contributed by atoms with Crippen molar-refractivity contribution in [3.05, 3.63) is 36.3 Å². The van der Waals surface area contributed by atoms with Gasteiger partial charge in [-0.25, -0.2) is 9.97 Å². The first-order valence-electron chi connectivity index (χ1n) is 5.29. The summed E-state index contributed by atoms with van der Waals surface area (Å²) in [7, 11) is 0. The molecule has 86 valence electrons. The van der Waals surface area contributed by atoms with Crippen molar-refractivity contribution in [1.29, 1.82) is 5.26 Å². The van der Waals surface area contributed by atoms with Crippen molar-refractivity contribution in [2.24, 2.45) is 0 Å². The molecule has 0 unspecified atom stereocenters. The zero-order chi connectivity index (χ0) is 12.1. The van der Waals surface area contributed by atoms with Crippen LogP contribution in [-0.2, 0) is 6.54 Å². The first kappa shape index (κ1) is 11.1. The number of nitrogens with one attached hydrogen (secondary N) is 1. The molecule has 0 aliphatic carbocycles. The minimum absolute atomic E-state index is 0.377. The molecule has 2 aromatic rings. The molecule has 6 nitrogen and oxygen atoms in total. The molecule has 0 aromatic carbocycles. The number of nitriles is 1. The maximum Gasteiger partial charge on any atom is 0.213 e. The van der Waals surface area contributed by atoms with Gasteiger partial charge in [0, 0.05) is 18.9 Å². The van der Waals surface area contributed by atoms with Gasteiger partial charge >= 0.3 is 0 Å². The van der Waals surface area contributed by atoms with Crippen LogP contribution in [-0.4, -0.2) is 26.1 Å². The zero-order valence-electron chi connectivity index (χ0n) is 9.46. The van der Waals surface area contributed by atoms with Gasteiger partial charge in [-0.15, -0.1) is 0 Å². The second-order valence-corrected chi connectivity index (χ2v) is 3.41. The van der Waals surface area contributed by atoms with E-state index in [1.54, 1.807) is 29.4 Å². The molecule has 17 heavy (non-hydrogen) atoms. The lowest BCUT2D eigenvalue weighted by Crippen LogP contribution is -2.05. The number of imidazole rings is 1. The van der Waals surface area contributed by atoms with Gasteiger partial charge in [-0.2, -0.15) is 5.26 Å². The van der Waals surface area contributed by atoms with Gasteiger partial charge < -0.3 is 9.88 Å². The summed E-state index contributed by atoms with van der Waals surface area (Å²) in [5.41, 5.74) is 0.793. The molecule has 2 heterocycles. The average Bonchev–Trinajstić information content (AvgIpc) is 2.79. The molecule has 0 saturated heterocycles. The predicted octanol–water partition coefficient (Wildman–Crippen LogP) is 1.02. The molecule has 1 N–H and O–H groups in total. The van der Waals surface area contributed by atoms with Gasteiger partial charge in [0.1, 0.15) is 11.9 Å². The molecule has 2 rings (SSSR count). The largest absolute Gasteiger partial charge is 0.369 e. The Labute approximate surface area is 99.0 Å². The lowest BCUT2D eigenvalue weighted by Gasteiger charge is -2.04. The monoisotopic (exact) mass is 228 g/mol. The van der Waals surface area contributed by atoms with Crippen LogP contribution in [0.5, 0.6) is 0 Å². The quantitative estimate of drug-likeness (QED) is 0.845. The SMILES string of the molecule is CCNc1cnc(Cn2ccnc2C#N)cn1. The third-order valence-electron chi connectivity index (χ3n) is 2.21. The number of hydrogen-bond acceptors (Lipinski definition) is 5. The highest BCUT2D eigenvalue weighted by atomic mass is 15.1. The van der Waals surface area contributed by atoms with E-state index in [0.717, 1.165) is 18.1 Å². The van der Waals surface area contributed by atoms with E-state index in [2.05, 4.69) is 20.3 Å². The van der Waals surface area contributed by atoms with Gasteiger partial charge in [0.25, 0.3) is 0 Å². The molecule has 0 fully saturated rings. The average molecular weight is 228 g/mol. The van der Waals surface area contributed by atoms with Crippen LogP contribution < -0.4 is 5.32 Å². The zero-order valence-corrected chi connectivity index (χ0v) is 9.46. The van der Waals surface area contributed by atoms with Crippen LogP contribution >= 0.6 is 0 Å². The van der Waals surface area contributed by atoms with Gasteiger partial charge in [-0.1, -0.05) is 0 Å². The molecule has 0 spiro atoms. The third-order valence-corrected chi connectivity index (χ3v) is 2.21. The second-order valence-electron chi connectivity index (χ2n) is 3.41. The molecule has 0 aliphatic rings.